The topological polar surface area (TPSA) is 51.0 Å². The zero-order chi connectivity index (χ0) is 13.5. The van der Waals surface area contributed by atoms with Gasteiger partial charge in [0, 0.05) is 12.0 Å². The molecule has 1 N–H and O–H groups in total. The van der Waals surface area contributed by atoms with Crippen LogP contribution in [0.4, 0.5) is 5.69 Å². The molecule has 1 unspecified atom stereocenters. The number of halogens is 1. The van der Waals surface area contributed by atoms with Crippen molar-refractivity contribution in [3.05, 3.63) is 40.8 Å². The van der Waals surface area contributed by atoms with Crippen LogP contribution in [0.15, 0.2) is 28.9 Å². The summed E-state index contributed by atoms with van der Waals surface area (Å²) >= 11 is 7.54. The number of aryl methyl sites for hydroxylation is 1. The van der Waals surface area contributed by atoms with Crippen LogP contribution in [0.25, 0.3) is 11.0 Å². The second-order valence-electron chi connectivity index (χ2n) is 4.94. The van der Waals surface area contributed by atoms with Gasteiger partial charge in [0.2, 0.25) is 0 Å². The standard InChI is InChI=1S/C14H12ClN3OS/c15-9-4-5-11-14(18-20-17-11)13(9)16-10-2-1-3-12-8(10)6-7-19-12/h4-7,10,16H,1-3H2. The molecule has 0 saturated heterocycles. The SMILES string of the molecule is Clc1ccc2nsnc2c1NC1CCCc2occc21. The Morgan fingerprint density at radius 1 is 1.30 bits per heavy atom. The van der Waals surface area contributed by atoms with Crippen LogP contribution < -0.4 is 5.32 Å². The maximum absolute atomic E-state index is 6.33. The van der Waals surface area contributed by atoms with Gasteiger partial charge in [-0.05, 0) is 31.0 Å². The van der Waals surface area contributed by atoms with Crippen LogP contribution >= 0.6 is 23.3 Å². The number of hydrogen-bond acceptors (Lipinski definition) is 5. The first-order chi connectivity index (χ1) is 9.83. The van der Waals surface area contributed by atoms with Crippen LogP contribution in [0, 0.1) is 0 Å². The van der Waals surface area contributed by atoms with E-state index in [1.54, 1.807) is 6.26 Å². The summed E-state index contributed by atoms with van der Waals surface area (Å²) in [6.07, 6.45) is 4.95. The highest BCUT2D eigenvalue weighted by Gasteiger charge is 2.24. The van der Waals surface area contributed by atoms with Gasteiger partial charge in [0.05, 0.1) is 34.7 Å². The Balaban J connectivity index is 1.76. The molecule has 2 heterocycles. The van der Waals surface area contributed by atoms with Gasteiger partial charge >= 0.3 is 0 Å². The normalized spacial score (nSPS) is 18.1. The van der Waals surface area contributed by atoms with Gasteiger partial charge in [0.15, 0.2) is 0 Å². The fourth-order valence-corrected chi connectivity index (χ4v) is 3.52. The average molecular weight is 306 g/mol. The molecule has 0 bridgehead atoms. The van der Waals surface area contributed by atoms with Gasteiger partial charge < -0.3 is 9.73 Å². The first-order valence-electron chi connectivity index (χ1n) is 6.56. The number of hydrogen-bond donors (Lipinski definition) is 1. The Labute approximate surface area is 125 Å². The van der Waals surface area contributed by atoms with Gasteiger partial charge in [-0.3, -0.25) is 0 Å². The third-order valence-corrected chi connectivity index (χ3v) is 4.61. The number of anilines is 1. The maximum Gasteiger partial charge on any atom is 0.129 e. The largest absolute Gasteiger partial charge is 0.469 e. The van der Waals surface area contributed by atoms with Crippen molar-refractivity contribution < 1.29 is 4.42 Å². The first kappa shape index (κ1) is 12.2. The van der Waals surface area contributed by atoms with Crippen molar-refractivity contribution in [1.82, 2.24) is 8.75 Å². The monoisotopic (exact) mass is 305 g/mol. The summed E-state index contributed by atoms with van der Waals surface area (Å²) in [7, 11) is 0. The molecular weight excluding hydrogens is 294 g/mol. The fourth-order valence-electron chi connectivity index (χ4n) is 2.77. The summed E-state index contributed by atoms with van der Waals surface area (Å²) < 4.78 is 14.1. The predicted molar refractivity (Wildman–Crippen MR) is 80.4 cm³/mol. The summed E-state index contributed by atoms with van der Waals surface area (Å²) in [5.41, 5.74) is 3.83. The molecule has 0 radical (unpaired) electrons. The van der Waals surface area contributed by atoms with Crippen molar-refractivity contribution in [3.63, 3.8) is 0 Å². The lowest BCUT2D eigenvalue weighted by Gasteiger charge is -2.24. The molecule has 2 aromatic heterocycles. The molecule has 4 rings (SSSR count). The average Bonchev–Trinajstić information content (AvgIpc) is 3.10. The number of aromatic nitrogens is 2. The molecule has 6 heteroatoms. The van der Waals surface area contributed by atoms with E-state index in [2.05, 4.69) is 14.1 Å². The Hall–Kier alpha value is -1.59. The fraction of sp³-hybridized carbons (Fsp3) is 0.286. The van der Waals surface area contributed by atoms with Crippen LogP contribution in [-0.2, 0) is 6.42 Å². The molecule has 0 aliphatic heterocycles. The molecule has 102 valence electrons. The molecule has 0 amide bonds. The number of nitrogens with one attached hydrogen (secondary N) is 1. The van der Waals surface area contributed by atoms with Gasteiger partial charge in [-0.1, -0.05) is 11.6 Å². The lowest BCUT2D eigenvalue weighted by molar-refractivity contribution is 0.461. The minimum Gasteiger partial charge on any atom is -0.469 e. The summed E-state index contributed by atoms with van der Waals surface area (Å²) in [6, 6.07) is 6.03. The molecule has 1 atom stereocenters. The highest BCUT2D eigenvalue weighted by Crippen LogP contribution is 2.37. The minimum absolute atomic E-state index is 0.224. The highest BCUT2D eigenvalue weighted by molar-refractivity contribution is 7.00. The highest BCUT2D eigenvalue weighted by atomic mass is 35.5. The van der Waals surface area contributed by atoms with Gasteiger partial charge in [-0.15, -0.1) is 0 Å². The zero-order valence-electron chi connectivity index (χ0n) is 10.6. The number of benzene rings is 1. The number of fused-ring (bicyclic) bond motifs is 2. The van der Waals surface area contributed by atoms with E-state index in [1.165, 1.54) is 17.3 Å². The van der Waals surface area contributed by atoms with Crippen LogP contribution in [0.5, 0.6) is 0 Å². The molecular formula is C14H12ClN3OS. The minimum atomic E-state index is 0.224. The van der Waals surface area contributed by atoms with Crippen molar-refractivity contribution in [2.45, 2.75) is 25.3 Å². The predicted octanol–water partition coefficient (Wildman–Crippen LogP) is 4.43. The van der Waals surface area contributed by atoms with E-state index in [1.807, 2.05) is 18.2 Å². The van der Waals surface area contributed by atoms with Crippen LogP contribution in [0.3, 0.4) is 0 Å². The van der Waals surface area contributed by atoms with E-state index in [0.717, 1.165) is 41.7 Å². The Bertz CT molecular complexity index is 767. The molecule has 0 saturated carbocycles. The molecule has 3 aromatic rings. The second kappa shape index (κ2) is 4.75. The van der Waals surface area contributed by atoms with E-state index in [4.69, 9.17) is 16.0 Å². The van der Waals surface area contributed by atoms with Crippen molar-refractivity contribution in [3.8, 4) is 0 Å². The Kier molecular flexibility index (Phi) is 2.89. The number of rotatable bonds is 2. The van der Waals surface area contributed by atoms with Crippen molar-refractivity contribution in [1.29, 1.82) is 0 Å². The maximum atomic E-state index is 6.33. The molecule has 20 heavy (non-hydrogen) atoms. The van der Waals surface area contributed by atoms with Crippen molar-refractivity contribution in [2.75, 3.05) is 5.32 Å². The summed E-state index contributed by atoms with van der Waals surface area (Å²) in [5.74, 6) is 1.08. The molecule has 0 spiro atoms. The number of furan rings is 1. The van der Waals surface area contributed by atoms with Gasteiger partial charge in [-0.2, -0.15) is 8.75 Å². The van der Waals surface area contributed by atoms with E-state index in [-0.39, 0.29) is 6.04 Å². The first-order valence-corrected chi connectivity index (χ1v) is 7.67. The summed E-state index contributed by atoms with van der Waals surface area (Å²) in [5, 5.41) is 4.21. The third kappa shape index (κ3) is 1.89. The van der Waals surface area contributed by atoms with Crippen molar-refractivity contribution >= 4 is 40.0 Å². The Morgan fingerprint density at radius 2 is 2.25 bits per heavy atom. The zero-order valence-corrected chi connectivity index (χ0v) is 12.2. The van der Waals surface area contributed by atoms with E-state index >= 15 is 0 Å². The van der Waals surface area contributed by atoms with Gasteiger partial charge in [-0.25, -0.2) is 0 Å². The van der Waals surface area contributed by atoms with E-state index in [9.17, 15) is 0 Å². The smallest absolute Gasteiger partial charge is 0.129 e. The molecule has 1 aliphatic carbocycles. The van der Waals surface area contributed by atoms with E-state index in [0.29, 0.717) is 5.02 Å². The summed E-state index contributed by atoms with van der Waals surface area (Å²) in [6.45, 7) is 0. The van der Waals surface area contributed by atoms with Crippen molar-refractivity contribution in [2.24, 2.45) is 0 Å². The molecule has 0 fully saturated rings. The third-order valence-electron chi connectivity index (χ3n) is 3.75. The molecule has 1 aliphatic rings. The lowest BCUT2D eigenvalue weighted by atomic mass is 9.93. The second-order valence-corrected chi connectivity index (χ2v) is 5.88. The molecule has 4 nitrogen and oxygen atoms in total. The summed E-state index contributed by atoms with van der Waals surface area (Å²) in [4.78, 5) is 0. The lowest BCUT2D eigenvalue weighted by Crippen LogP contribution is -2.16. The molecule has 1 aromatic carbocycles. The van der Waals surface area contributed by atoms with Crippen LogP contribution in [0.1, 0.15) is 30.2 Å². The van der Waals surface area contributed by atoms with Crippen LogP contribution in [0.2, 0.25) is 5.02 Å². The van der Waals surface area contributed by atoms with Gasteiger partial charge in [0.1, 0.15) is 16.8 Å². The number of nitrogens with zero attached hydrogens (tertiary/aromatic N) is 2. The van der Waals surface area contributed by atoms with Gasteiger partial charge in [0.25, 0.3) is 0 Å². The van der Waals surface area contributed by atoms with Crippen LogP contribution in [-0.4, -0.2) is 8.75 Å². The van der Waals surface area contributed by atoms with E-state index < -0.39 is 0 Å². The quantitative estimate of drug-likeness (QED) is 0.761. The Morgan fingerprint density at radius 3 is 3.20 bits per heavy atom.